The second-order valence-electron chi connectivity index (χ2n) is 2.90. The van der Waals surface area contributed by atoms with Crippen molar-refractivity contribution in [2.75, 3.05) is 5.43 Å². The fraction of sp³-hybridized carbons (Fsp3) is 0. The largest absolute Gasteiger partial charge is 0.437 e. The van der Waals surface area contributed by atoms with Gasteiger partial charge < -0.3 is 4.74 Å². The van der Waals surface area contributed by atoms with E-state index in [1.54, 1.807) is 18.2 Å². The van der Waals surface area contributed by atoms with Crippen molar-refractivity contribution in [1.82, 2.24) is 9.97 Å². The minimum atomic E-state index is 0.282. The maximum absolute atomic E-state index is 5.94. The van der Waals surface area contributed by atoms with E-state index in [9.17, 15) is 0 Å². The molecule has 0 fully saturated rings. The number of nitrogens with zero attached hydrogens (tertiary/aromatic N) is 2. The summed E-state index contributed by atoms with van der Waals surface area (Å²) in [5.41, 5.74) is 2.33. The summed E-state index contributed by atoms with van der Waals surface area (Å²) in [5, 5.41) is 0.517. The van der Waals surface area contributed by atoms with Gasteiger partial charge in [-0.25, -0.2) is 10.8 Å². The van der Waals surface area contributed by atoms with E-state index in [1.807, 2.05) is 12.1 Å². The van der Waals surface area contributed by atoms with Crippen LogP contribution in [0.5, 0.6) is 11.6 Å². The number of benzene rings is 1. The van der Waals surface area contributed by atoms with Crippen LogP contribution in [-0.4, -0.2) is 9.97 Å². The van der Waals surface area contributed by atoms with Crippen molar-refractivity contribution in [2.45, 2.75) is 0 Å². The van der Waals surface area contributed by atoms with Crippen LogP contribution in [0.2, 0.25) is 5.02 Å². The molecular formula is C10H9ClN4O. The maximum Gasteiger partial charge on any atom is 0.240 e. The molecule has 0 atom stereocenters. The molecule has 2 rings (SSSR count). The normalized spacial score (nSPS) is 9.88. The van der Waals surface area contributed by atoms with Gasteiger partial charge in [0.2, 0.25) is 11.8 Å². The summed E-state index contributed by atoms with van der Waals surface area (Å²) in [5.74, 6) is 6.37. The second-order valence-corrected chi connectivity index (χ2v) is 3.30. The molecule has 0 bridgehead atoms. The first kappa shape index (κ1) is 10.7. The summed E-state index contributed by atoms with van der Waals surface area (Å²) in [6, 6.07) is 8.75. The van der Waals surface area contributed by atoms with Crippen molar-refractivity contribution < 1.29 is 4.74 Å². The lowest BCUT2D eigenvalue weighted by molar-refractivity contribution is 0.462. The average molecular weight is 237 g/mol. The highest BCUT2D eigenvalue weighted by Gasteiger charge is 2.03. The third-order valence-electron chi connectivity index (χ3n) is 1.81. The molecule has 0 aliphatic heterocycles. The third kappa shape index (κ3) is 2.39. The number of rotatable bonds is 3. The van der Waals surface area contributed by atoms with E-state index >= 15 is 0 Å². The van der Waals surface area contributed by atoms with Crippen molar-refractivity contribution in [3.63, 3.8) is 0 Å². The van der Waals surface area contributed by atoms with Gasteiger partial charge in [0.05, 0.1) is 5.02 Å². The molecule has 0 aliphatic carbocycles. The van der Waals surface area contributed by atoms with Gasteiger partial charge in [-0.15, -0.1) is 0 Å². The quantitative estimate of drug-likeness (QED) is 0.631. The SMILES string of the molecule is NNc1nccc(Oc2ccccc2Cl)n1. The van der Waals surface area contributed by atoms with Crippen LogP contribution < -0.4 is 16.0 Å². The number of ether oxygens (including phenoxy) is 1. The second kappa shape index (κ2) is 4.78. The Hall–Kier alpha value is -1.85. The molecule has 0 radical (unpaired) electrons. The fourth-order valence-corrected chi connectivity index (χ4v) is 1.28. The number of nitrogen functional groups attached to an aromatic ring is 1. The number of halogens is 1. The molecule has 0 saturated heterocycles. The number of hydrogen-bond acceptors (Lipinski definition) is 5. The van der Waals surface area contributed by atoms with Gasteiger partial charge in [-0.2, -0.15) is 4.98 Å². The Morgan fingerprint density at radius 1 is 1.25 bits per heavy atom. The van der Waals surface area contributed by atoms with E-state index < -0.39 is 0 Å². The minimum Gasteiger partial charge on any atom is -0.437 e. The first-order valence-corrected chi connectivity index (χ1v) is 4.89. The van der Waals surface area contributed by atoms with Gasteiger partial charge in [0.25, 0.3) is 0 Å². The monoisotopic (exact) mass is 236 g/mol. The molecule has 1 heterocycles. The van der Waals surface area contributed by atoms with E-state index in [0.29, 0.717) is 16.7 Å². The van der Waals surface area contributed by atoms with Crippen molar-refractivity contribution in [3.05, 3.63) is 41.6 Å². The van der Waals surface area contributed by atoms with Crippen molar-refractivity contribution in [3.8, 4) is 11.6 Å². The van der Waals surface area contributed by atoms with Gasteiger partial charge in [0.15, 0.2) is 0 Å². The van der Waals surface area contributed by atoms with Crippen molar-refractivity contribution in [1.29, 1.82) is 0 Å². The first-order valence-electron chi connectivity index (χ1n) is 4.51. The molecule has 2 aromatic rings. The maximum atomic E-state index is 5.94. The number of nitrogens with two attached hydrogens (primary N) is 1. The first-order chi connectivity index (χ1) is 7.79. The lowest BCUT2D eigenvalue weighted by Gasteiger charge is -2.06. The van der Waals surface area contributed by atoms with Gasteiger partial charge in [-0.1, -0.05) is 23.7 Å². The van der Waals surface area contributed by atoms with Crippen LogP contribution in [0.3, 0.4) is 0 Å². The van der Waals surface area contributed by atoms with E-state index in [0.717, 1.165) is 0 Å². The Morgan fingerprint density at radius 3 is 2.81 bits per heavy atom. The summed E-state index contributed by atoms with van der Waals surface area (Å²) >= 11 is 5.94. The summed E-state index contributed by atoms with van der Waals surface area (Å²) in [7, 11) is 0. The molecule has 0 saturated carbocycles. The standard InChI is InChI=1S/C10H9ClN4O/c11-7-3-1-2-4-8(7)16-9-5-6-13-10(14-9)15-12/h1-6H,12H2,(H,13,14,15). The Bertz CT molecular complexity index is 492. The molecule has 5 nitrogen and oxygen atoms in total. The Morgan fingerprint density at radius 2 is 2.06 bits per heavy atom. The van der Waals surface area contributed by atoms with Gasteiger partial charge in [0, 0.05) is 12.3 Å². The molecule has 0 aliphatic rings. The zero-order valence-corrected chi connectivity index (χ0v) is 8.98. The van der Waals surface area contributed by atoms with Gasteiger partial charge in [-0.3, -0.25) is 5.43 Å². The molecular weight excluding hydrogens is 228 g/mol. The number of aromatic nitrogens is 2. The van der Waals surface area contributed by atoms with Crippen molar-refractivity contribution in [2.24, 2.45) is 5.84 Å². The Labute approximate surface area is 97.2 Å². The number of anilines is 1. The number of nitrogens with one attached hydrogen (secondary N) is 1. The highest BCUT2D eigenvalue weighted by atomic mass is 35.5. The number of hydrogen-bond donors (Lipinski definition) is 2. The third-order valence-corrected chi connectivity index (χ3v) is 2.12. The van der Waals surface area contributed by atoms with Crippen LogP contribution in [0, 0.1) is 0 Å². The van der Waals surface area contributed by atoms with Crippen LogP contribution >= 0.6 is 11.6 Å². The molecule has 1 aromatic heterocycles. The summed E-state index contributed by atoms with van der Waals surface area (Å²) in [6.45, 7) is 0. The zero-order valence-electron chi connectivity index (χ0n) is 8.22. The molecule has 0 unspecified atom stereocenters. The van der Waals surface area contributed by atoms with E-state index in [2.05, 4.69) is 15.4 Å². The minimum absolute atomic E-state index is 0.282. The highest BCUT2D eigenvalue weighted by Crippen LogP contribution is 2.27. The summed E-state index contributed by atoms with van der Waals surface area (Å²) in [6.07, 6.45) is 1.54. The molecule has 16 heavy (non-hydrogen) atoms. The number of para-hydroxylation sites is 1. The Balaban J connectivity index is 2.24. The molecule has 0 spiro atoms. The van der Waals surface area contributed by atoms with Crippen molar-refractivity contribution >= 4 is 17.5 Å². The van der Waals surface area contributed by atoms with E-state index in [-0.39, 0.29) is 5.95 Å². The summed E-state index contributed by atoms with van der Waals surface area (Å²) < 4.78 is 5.47. The van der Waals surface area contributed by atoms with Gasteiger partial charge in [-0.05, 0) is 12.1 Å². The van der Waals surface area contributed by atoms with Crippen LogP contribution in [0.4, 0.5) is 5.95 Å². The zero-order chi connectivity index (χ0) is 11.4. The summed E-state index contributed by atoms with van der Waals surface area (Å²) in [4.78, 5) is 7.86. The number of hydrazine groups is 1. The predicted molar refractivity (Wildman–Crippen MR) is 61.4 cm³/mol. The van der Waals surface area contributed by atoms with Gasteiger partial charge in [0.1, 0.15) is 5.75 Å². The van der Waals surface area contributed by atoms with Crippen LogP contribution in [-0.2, 0) is 0 Å². The topological polar surface area (TPSA) is 73.1 Å². The lowest BCUT2D eigenvalue weighted by Crippen LogP contribution is -2.10. The fourth-order valence-electron chi connectivity index (χ4n) is 1.11. The van der Waals surface area contributed by atoms with E-state index in [1.165, 1.54) is 6.20 Å². The van der Waals surface area contributed by atoms with Crippen LogP contribution in [0.1, 0.15) is 0 Å². The predicted octanol–water partition coefficient (Wildman–Crippen LogP) is 2.21. The van der Waals surface area contributed by atoms with Gasteiger partial charge >= 0.3 is 0 Å². The average Bonchev–Trinajstić information content (AvgIpc) is 2.32. The molecule has 6 heteroatoms. The molecule has 3 N–H and O–H groups in total. The highest BCUT2D eigenvalue weighted by molar-refractivity contribution is 6.32. The molecule has 0 amide bonds. The Kier molecular flexibility index (Phi) is 3.19. The smallest absolute Gasteiger partial charge is 0.240 e. The molecule has 1 aromatic carbocycles. The van der Waals surface area contributed by atoms with Crippen LogP contribution in [0.15, 0.2) is 36.5 Å². The van der Waals surface area contributed by atoms with E-state index in [4.69, 9.17) is 22.2 Å². The van der Waals surface area contributed by atoms with Crippen LogP contribution in [0.25, 0.3) is 0 Å². The lowest BCUT2D eigenvalue weighted by atomic mass is 10.3. The molecule has 82 valence electrons.